The molecule has 0 spiro atoms. The van der Waals surface area contributed by atoms with Crippen LogP contribution in [0.2, 0.25) is 0 Å². The molecule has 20 heavy (non-hydrogen) atoms. The summed E-state index contributed by atoms with van der Waals surface area (Å²) in [7, 11) is 1.47. The van der Waals surface area contributed by atoms with Crippen LogP contribution in [-0.2, 0) is 23.8 Å². The summed E-state index contributed by atoms with van der Waals surface area (Å²) in [6, 6.07) is 0. The Morgan fingerprint density at radius 3 is 2.00 bits per heavy atom. The van der Waals surface area contributed by atoms with E-state index in [0.29, 0.717) is 39.5 Å². The number of methoxy groups -OCH3 is 1. The third-order valence-corrected chi connectivity index (χ3v) is 2.29. The molecule has 0 atom stereocenters. The van der Waals surface area contributed by atoms with Crippen molar-refractivity contribution in [1.82, 2.24) is 10.6 Å². The normalized spacial score (nSPS) is 10.6. The third kappa shape index (κ3) is 11.9. The second kappa shape index (κ2) is 12.8. The molecular formula is C13H26N2O5. The van der Waals surface area contributed by atoms with Crippen molar-refractivity contribution in [2.45, 2.75) is 13.8 Å². The summed E-state index contributed by atoms with van der Waals surface area (Å²) in [4.78, 5) is 22.2. The number of amides is 2. The molecule has 0 aromatic heterocycles. The lowest BCUT2D eigenvalue weighted by Gasteiger charge is -2.09. The van der Waals surface area contributed by atoms with Crippen LogP contribution in [0.15, 0.2) is 0 Å². The standard InChI is InChI=1S/C13H26N2O5/c1-11(2)13(17)15-5-7-20-9-8-19-6-4-14-12(16)10-18-3/h11H,4-10H2,1-3H3,(H,14,16)(H,15,17). The maximum Gasteiger partial charge on any atom is 0.246 e. The smallest absolute Gasteiger partial charge is 0.246 e. The highest BCUT2D eigenvalue weighted by molar-refractivity contribution is 5.77. The number of carbonyl (C=O) groups is 2. The minimum absolute atomic E-state index is 0.00773. The van der Waals surface area contributed by atoms with Gasteiger partial charge in [-0.25, -0.2) is 0 Å². The molecular weight excluding hydrogens is 264 g/mol. The van der Waals surface area contributed by atoms with E-state index in [1.165, 1.54) is 7.11 Å². The van der Waals surface area contributed by atoms with Gasteiger partial charge in [0, 0.05) is 26.1 Å². The summed E-state index contributed by atoms with van der Waals surface area (Å²) in [6.07, 6.45) is 0. The number of carbonyl (C=O) groups excluding carboxylic acids is 2. The molecule has 0 bridgehead atoms. The minimum Gasteiger partial charge on any atom is -0.377 e. The summed E-state index contributed by atoms with van der Waals surface area (Å²) in [5, 5.41) is 5.39. The molecule has 0 aliphatic rings. The van der Waals surface area contributed by atoms with Crippen molar-refractivity contribution in [3.8, 4) is 0 Å². The first kappa shape index (κ1) is 18.8. The van der Waals surface area contributed by atoms with Gasteiger partial charge in [-0.3, -0.25) is 9.59 Å². The number of ether oxygens (including phenoxy) is 3. The second-order valence-corrected chi connectivity index (χ2v) is 4.45. The maximum absolute atomic E-state index is 11.2. The predicted molar refractivity (Wildman–Crippen MR) is 74.4 cm³/mol. The van der Waals surface area contributed by atoms with Gasteiger partial charge in [0.1, 0.15) is 6.61 Å². The fourth-order valence-electron chi connectivity index (χ4n) is 1.22. The van der Waals surface area contributed by atoms with Gasteiger partial charge < -0.3 is 24.8 Å². The molecule has 0 aliphatic carbocycles. The van der Waals surface area contributed by atoms with Crippen LogP contribution in [-0.4, -0.2) is 65.0 Å². The number of nitrogens with one attached hydrogen (secondary N) is 2. The molecule has 0 rings (SSSR count). The van der Waals surface area contributed by atoms with Crippen molar-refractivity contribution in [3.05, 3.63) is 0 Å². The molecule has 0 fully saturated rings. The van der Waals surface area contributed by atoms with E-state index in [4.69, 9.17) is 9.47 Å². The Bertz CT molecular complexity index is 271. The monoisotopic (exact) mass is 290 g/mol. The third-order valence-electron chi connectivity index (χ3n) is 2.29. The summed E-state index contributed by atoms with van der Waals surface area (Å²) in [6.45, 7) is 6.52. The fourth-order valence-corrected chi connectivity index (χ4v) is 1.22. The fraction of sp³-hybridized carbons (Fsp3) is 0.846. The molecule has 7 nitrogen and oxygen atoms in total. The van der Waals surface area contributed by atoms with Gasteiger partial charge in [-0.2, -0.15) is 0 Å². The Kier molecular flexibility index (Phi) is 12.1. The second-order valence-electron chi connectivity index (χ2n) is 4.45. The Balaban J connectivity index is 3.17. The van der Waals surface area contributed by atoms with E-state index in [2.05, 4.69) is 15.4 Å². The lowest BCUT2D eigenvalue weighted by Crippen LogP contribution is -2.31. The zero-order valence-electron chi connectivity index (χ0n) is 12.6. The van der Waals surface area contributed by atoms with E-state index in [9.17, 15) is 9.59 Å². The van der Waals surface area contributed by atoms with E-state index in [1.807, 2.05) is 13.8 Å². The van der Waals surface area contributed by atoms with Gasteiger partial charge in [0.15, 0.2) is 0 Å². The van der Waals surface area contributed by atoms with Crippen LogP contribution in [0.1, 0.15) is 13.8 Å². The summed E-state index contributed by atoms with van der Waals surface area (Å²) >= 11 is 0. The summed E-state index contributed by atoms with van der Waals surface area (Å²) in [5.41, 5.74) is 0. The Hall–Kier alpha value is -1.18. The first-order valence-electron chi connectivity index (χ1n) is 6.76. The van der Waals surface area contributed by atoms with Crippen LogP contribution >= 0.6 is 0 Å². The van der Waals surface area contributed by atoms with Crippen molar-refractivity contribution in [3.63, 3.8) is 0 Å². The van der Waals surface area contributed by atoms with Gasteiger partial charge in [0.25, 0.3) is 0 Å². The van der Waals surface area contributed by atoms with Crippen molar-refractivity contribution in [2.75, 3.05) is 53.2 Å². The van der Waals surface area contributed by atoms with E-state index < -0.39 is 0 Å². The lowest BCUT2D eigenvalue weighted by molar-refractivity contribution is -0.125. The van der Waals surface area contributed by atoms with E-state index in [1.54, 1.807) is 0 Å². The molecule has 0 saturated heterocycles. The summed E-state index contributed by atoms with van der Waals surface area (Å²) < 4.78 is 15.2. The Morgan fingerprint density at radius 2 is 1.50 bits per heavy atom. The zero-order chi connectivity index (χ0) is 15.2. The molecule has 7 heteroatoms. The molecule has 0 aromatic rings. The van der Waals surface area contributed by atoms with Crippen LogP contribution in [0.3, 0.4) is 0 Å². The van der Waals surface area contributed by atoms with Gasteiger partial charge in [-0.1, -0.05) is 13.8 Å². The van der Waals surface area contributed by atoms with E-state index in [-0.39, 0.29) is 24.3 Å². The van der Waals surface area contributed by atoms with Crippen molar-refractivity contribution in [2.24, 2.45) is 5.92 Å². The predicted octanol–water partition coefficient (Wildman–Crippen LogP) is -0.446. The molecule has 2 amide bonds. The largest absolute Gasteiger partial charge is 0.377 e. The average Bonchev–Trinajstić information content (AvgIpc) is 2.40. The van der Waals surface area contributed by atoms with Crippen LogP contribution in [0.25, 0.3) is 0 Å². The molecule has 0 radical (unpaired) electrons. The highest BCUT2D eigenvalue weighted by Crippen LogP contribution is 1.89. The molecule has 118 valence electrons. The van der Waals surface area contributed by atoms with Crippen LogP contribution in [0.4, 0.5) is 0 Å². The zero-order valence-corrected chi connectivity index (χ0v) is 12.6. The molecule has 0 heterocycles. The molecule has 0 aromatic carbocycles. The van der Waals surface area contributed by atoms with Gasteiger partial charge >= 0.3 is 0 Å². The number of hydrogen-bond donors (Lipinski definition) is 2. The SMILES string of the molecule is COCC(=O)NCCOCCOCCNC(=O)C(C)C. The van der Waals surface area contributed by atoms with Gasteiger partial charge in [-0.15, -0.1) is 0 Å². The number of rotatable bonds is 12. The average molecular weight is 290 g/mol. The lowest BCUT2D eigenvalue weighted by atomic mass is 10.2. The first-order chi connectivity index (χ1) is 9.57. The highest BCUT2D eigenvalue weighted by Gasteiger charge is 2.04. The van der Waals surface area contributed by atoms with Crippen molar-refractivity contribution in [1.29, 1.82) is 0 Å². The topological polar surface area (TPSA) is 85.9 Å². The molecule has 0 aliphatic heterocycles. The molecule has 0 unspecified atom stereocenters. The molecule has 2 N–H and O–H groups in total. The van der Waals surface area contributed by atoms with Crippen LogP contribution < -0.4 is 10.6 Å². The first-order valence-corrected chi connectivity index (χ1v) is 6.76. The Morgan fingerprint density at radius 1 is 0.950 bits per heavy atom. The summed E-state index contributed by atoms with van der Waals surface area (Å²) in [5.74, 6) is -0.142. The molecule has 0 saturated carbocycles. The quantitative estimate of drug-likeness (QED) is 0.476. The van der Waals surface area contributed by atoms with Crippen LogP contribution in [0, 0.1) is 5.92 Å². The maximum atomic E-state index is 11.2. The van der Waals surface area contributed by atoms with E-state index in [0.717, 1.165) is 0 Å². The van der Waals surface area contributed by atoms with Crippen molar-refractivity contribution < 1.29 is 23.8 Å². The number of hydrogen-bond acceptors (Lipinski definition) is 5. The van der Waals surface area contributed by atoms with Crippen molar-refractivity contribution >= 4 is 11.8 Å². The van der Waals surface area contributed by atoms with Gasteiger partial charge in [0.05, 0.1) is 26.4 Å². The van der Waals surface area contributed by atoms with Gasteiger partial charge in [0.2, 0.25) is 11.8 Å². The van der Waals surface area contributed by atoms with E-state index >= 15 is 0 Å². The highest BCUT2D eigenvalue weighted by atomic mass is 16.5. The minimum atomic E-state index is -0.159. The van der Waals surface area contributed by atoms with Gasteiger partial charge in [-0.05, 0) is 0 Å². The van der Waals surface area contributed by atoms with Crippen LogP contribution in [0.5, 0.6) is 0 Å². The Labute approximate surface area is 120 Å².